The lowest BCUT2D eigenvalue weighted by atomic mass is 10.1. The van der Waals surface area contributed by atoms with Crippen LogP contribution in [0.2, 0.25) is 0 Å². The zero-order valence-corrected chi connectivity index (χ0v) is 13.8. The molecule has 24 heavy (non-hydrogen) atoms. The van der Waals surface area contributed by atoms with Crippen LogP contribution >= 0.6 is 0 Å². The van der Waals surface area contributed by atoms with Crippen molar-refractivity contribution in [3.05, 3.63) is 65.5 Å². The molecule has 0 bridgehead atoms. The van der Waals surface area contributed by atoms with E-state index >= 15 is 0 Å². The molecule has 0 aliphatic rings. The summed E-state index contributed by atoms with van der Waals surface area (Å²) in [6.45, 7) is 5.07. The number of ketones is 1. The first-order chi connectivity index (χ1) is 11.5. The molecule has 1 amide bonds. The fourth-order valence-corrected chi connectivity index (χ4v) is 2.83. The van der Waals surface area contributed by atoms with Gasteiger partial charge in [-0.15, -0.1) is 0 Å². The Morgan fingerprint density at radius 3 is 2.42 bits per heavy atom. The minimum atomic E-state index is -0.265. The summed E-state index contributed by atoms with van der Waals surface area (Å²) in [6, 6.07) is 7.44. The van der Waals surface area contributed by atoms with Gasteiger partial charge in [-0.3, -0.25) is 9.59 Å². The predicted octanol–water partition coefficient (Wildman–Crippen LogP) is 3.27. The summed E-state index contributed by atoms with van der Waals surface area (Å²) < 4.78 is 1.88. The normalized spacial score (nSPS) is 10.6. The largest absolute Gasteiger partial charge is 0.354 e. The van der Waals surface area contributed by atoms with Crippen molar-refractivity contribution in [3.8, 4) is 5.69 Å². The maximum absolute atomic E-state index is 12.5. The molecule has 0 atom stereocenters. The van der Waals surface area contributed by atoms with Gasteiger partial charge in [0.2, 0.25) is 0 Å². The number of imidazole rings is 1. The molecule has 3 rings (SSSR count). The lowest BCUT2D eigenvalue weighted by molar-refractivity contribution is 0.101. The number of hydrogen-bond acceptors (Lipinski definition) is 3. The Balaban J connectivity index is 1.80. The molecule has 0 spiro atoms. The van der Waals surface area contributed by atoms with Crippen LogP contribution < -0.4 is 5.32 Å². The molecule has 122 valence electrons. The van der Waals surface area contributed by atoms with Crippen molar-refractivity contribution in [2.24, 2.45) is 0 Å². The van der Waals surface area contributed by atoms with Crippen molar-refractivity contribution in [2.45, 2.75) is 20.8 Å². The van der Waals surface area contributed by atoms with Crippen molar-refractivity contribution in [2.75, 3.05) is 5.32 Å². The van der Waals surface area contributed by atoms with Gasteiger partial charge in [-0.1, -0.05) is 0 Å². The van der Waals surface area contributed by atoms with Gasteiger partial charge in [0.15, 0.2) is 5.78 Å². The molecule has 3 aromatic rings. The van der Waals surface area contributed by atoms with Crippen molar-refractivity contribution in [1.29, 1.82) is 0 Å². The number of carbonyl (C=O) groups is 2. The minimum absolute atomic E-state index is 0.0509. The summed E-state index contributed by atoms with van der Waals surface area (Å²) in [6.07, 6.45) is 5.27. The quantitative estimate of drug-likeness (QED) is 0.723. The topological polar surface area (TPSA) is 79.8 Å². The summed E-state index contributed by atoms with van der Waals surface area (Å²) in [7, 11) is 0. The first kappa shape index (κ1) is 15.7. The Morgan fingerprint density at radius 2 is 1.88 bits per heavy atom. The van der Waals surface area contributed by atoms with E-state index in [1.54, 1.807) is 26.4 Å². The number of carbonyl (C=O) groups excluding carboxylic acids is 2. The number of nitrogens with one attached hydrogen (secondary N) is 2. The molecule has 6 heteroatoms. The second kappa shape index (κ2) is 6.16. The molecular formula is C18H18N4O2. The van der Waals surface area contributed by atoms with Gasteiger partial charge in [0.05, 0.1) is 6.33 Å². The fraction of sp³-hybridized carbons (Fsp3) is 0.167. The van der Waals surface area contributed by atoms with Crippen LogP contribution in [0.1, 0.15) is 39.0 Å². The van der Waals surface area contributed by atoms with Gasteiger partial charge in [-0.25, -0.2) is 4.98 Å². The lowest BCUT2D eigenvalue weighted by Gasteiger charge is -2.07. The van der Waals surface area contributed by atoms with E-state index in [2.05, 4.69) is 15.3 Å². The number of benzene rings is 1. The molecule has 0 saturated carbocycles. The number of hydrogen-bond donors (Lipinski definition) is 2. The molecule has 6 nitrogen and oxygen atoms in total. The number of aromatic nitrogens is 3. The molecule has 0 aliphatic heterocycles. The van der Waals surface area contributed by atoms with Gasteiger partial charge < -0.3 is 14.9 Å². The van der Waals surface area contributed by atoms with E-state index in [1.807, 2.05) is 35.0 Å². The Kier molecular flexibility index (Phi) is 4.04. The van der Waals surface area contributed by atoms with Crippen LogP contribution in [0.25, 0.3) is 5.69 Å². The second-order valence-corrected chi connectivity index (χ2v) is 5.65. The predicted molar refractivity (Wildman–Crippen MR) is 91.8 cm³/mol. The van der Waals surface area contributed by atoms with Crippen LogP contribution in [0.3, 0.4) is 0 Å². The van der Waals surface area contributed by atoms with Crippen LogP contribution in [-0.4, -0.2) is 26.2 Å². The number of aryl methyl sites for hydroxylation is 1. The SMILES string of the molecule is CC(=O)c1c(C)[nH]c(C(=O)Nc2ccc(-n3ccnc3)cc2)c1C. The van der Waals surface area contributed by atoms with Crippen molar-refractivity contribution in [1.82, 2.24) is 14.5 Å². The van der Waals surface area contributed by atoms with Crippen LogP contribution in [0.15, 0.2) is 43.0 Å². The zero-order valence-electron chi connectivity index (χ0n) is 13.8. The Morgan fingerprint density at radius 1 is 1.17 bits per heavy atom. The first-order valence-electron chi connectivity index (χ1n) is 7.57. The standard InChI is InChI=1S/C18H18N4O2/c1-11-16(13(3)23)12(2)20-17(11)18(24)21-14-4-6-15(7-5-14)22-9-8-19-10-22/h4-10,20H,1-3H3,(H,21,24). The van der Waals surface area contributed by atoms with E-state index in [0.29, 0.717) is 28.2 Å². The molecule has 0 fully saturated rings. The van der Waals surface area contributed by atoms with Crippen LogP contribution in [0.4, 0.5) is 5.69 Å². The average molecular weight is 322 g/mol. The number of Topliss-reactive ketones (excluding diaryl/α,β-unsaturated/α-hetero) is 1. The highest BCUT2D eigenvalue weighted by molar-refractivity contribution is 6.07. The molecule has 0 saturated heterocycles. The molecule has 2 N–H and O–H groups in total. The molecule has 0 aliphatic carbocycles. The van der Waals surface area contributed by atoms with E-state index in [0.717, 1.165) is 5.69 Å². The summed E-state index contributed by atoms with van der Waals surface area (Å²) in [5, 5.41) is 2.84. The number of H-pyrrole nitrogens is 1. The van der Waals surface area contributed by atoms with E-state index in [9.17, 15) is 9.59 Å². The van der Waals surface area contributed by atoms with Crippen LogP contribution in [0.5, 0.6) is 0 Å². The minimum Gasteiger partial charge on any atom is -0.354 e. The average Bonchev–Trinajstić information content (AvgIpc) is 3.16. The third-order valence-electron chi connectivity index (χ3n) is 3.94. The molecule has 0 radical (unpaired) electrons. The summed E-state index contributed by atoms with van der Waals surface area (Å²) in [5.74, 6) is -0.316. The van der Waals surface area contributed by atoms with Gasteiger partial charge in [0.25, 0.3) is 5.91 Å². The van der Waals surface area contributed by atoms with Gasteiger partial charge in [-0.05, 0) is 50.6 Å². The van der Waals surface area contributed by atoms with Gasteiger partial charge >= 0.3 is 0 Å². The van der Waals surface area contributed by atoms with E-state index < -0.39 is 0 Å². The third-order valence-corrected chi connectivity index (χ3v) is 3.94. The highest BCUT2D eigenvalue weighted by Gasteiger charge is 2.19. The van der Waals surface area contributed by atoms with Gasteiger partial charge in [-0.2, -0.15) is 0 Å². The van der Waals surface area contributed by atoms with Crippen molar-refractivity contribution in [3.63, 3.8) is 0 Å². The second-order valence-electron chi connectivity index (χ2n) is 5.65. The number of anilines is 1. The van der Waals surface area contributed by atoms with E-state index in [-0.39, 0.29) is 11.7 Å². The molecule has 1 aromatic carbocycles. The Labute approximate surface area is 139 Å². The highest BCUT2D eigenvalue weighted by atomic mass is 16.2. The van der Waals surface area contributed by atoms with Crippen LogP contribution in [0, 0.1) is 13.8 Å². The molecule has 0 unspecified atom stereocenters. The van der Waals surface area contributed by atoms with Crippen LogP contribution in [-0.2, 0) is 0 Å². The number of aromatic amines is 1. The smallest absolute Gasteiger partial charge is 0.272 e. The fourth-order valence-electron chi connectivity index (χ4n) is 2.83. The Hall–Kier alpha value is -3.15. The third kappa shape index (κ3) is 2.86. The van der Waals surface area contributed by atoms with Crippen molar-refractivity contribution >= 4 is 17.4 Å². The number of amides is 1. The van der Waals surface area contributed by atoms with Crippen molar-refractivity contribution < 1.29 is 9.59 Å². The highest BCUT2D eigenvalue weighted by Crippen LogP contribution is 2.20. The summed E-state index contributed by atoms with van der Waals surface area (Å²) in [4.78, 5) is 31.1. The molecule has 2 aromatic heterocycles. The van der Waals surface area contributed by atoms with Gasteiger partial charge in [0, 0.05) is 35.0 Å². The monoisotopic (exact) mass is 322 g/mol. The first-order valence-corrected chi connectivity index (χ1v) is 7.57. The molecule has 2 heterocycles. The summed E-state index contributed by atoms with van der Waals surface area (Å²) >= 11 is 0. The summed E-state index contributed by atoms with van der Waals surface area (Å²) in [5.41, 5.74) is 4.01. The maximum atomic E-state index is 12.5. The zero-order chi connectivity index (χ0) is 17.3. The number of nitrogens with zero attached hydrogens (tertiary/aromatic N) is 2. The van der Waals surface area contributed by atoms with E-state index in [4.69, 9.17) is 0 Å². The Bertz CT molecular complexity index is 890. The molecular weight excluding hydrogens is 304 g/mol. The maximum Gasteiger partial charge on any atom is 0.272 e. The lowest BCUT2D eigenvalue weighted by Crippen LogP contribution is -2.14. The number of rotatable bonds is 4. The van der Waals surface area contributed by atoms with E-state index in [1.165, 1.54) is 6.92 Å². The van der Waals surface area contributed by atoms with Gasteiger partial charge in [0.1, 0.15) is 5.69 Å².